The topological polar surface area (TPSA) is 98.8 Å². The number of hydrogen-bond acceptors (Lipinski definition) is 6. The highest BCUT2D eigenvalue weighted by Crippen LogP contribution is 2.55. The lowest BCUT2D eigenvalue weighted by Gasteiger charge is -2.24. The Hall–Kier alpha value is -1.41. The molecular weight excluding hydrogens is 298 g/mol. The van der Waals surface area contributed by atoms with Crippen LogP contribution in [0.2, 0.25) is 0 Å². The second kappa shape index (κ2) is 5.10. The third-order valence-corrected chi connectivity index (χ3v) is 6.27. The fourth-order valence-corrected chi connectivity index (χ4v) is 5.50. The first-order valence-corrected chi connectivity index (χ1v) is 8.41. The maximum atomic E-state index is 11.8. The smallest absolute Gasteiger partial charge is 0.307 e. The van der Waals surface area contributed by atoms with Crippen molar-refractivity contribution < 1.29 is 26.9 Å². The van der Waals surface area contributed by atoms with Crippen LogP contribution < -0.4 is 5.32 Å². The van der Waals surface area contributed by atoms with Crippen LogP contribution in [0.3, 0.4) is 0 Å². The van der Waals surface area contributed by atoms with Crippen LogP contribution in [-0.2, 0) is 28.6 Å². The van der Waals surface area contributed by atoms with E-state index < -0.39 is 33.5 Å². The summed E-state index contributed by atoms with van der Waals surface area (Å²) in [5, 5.41) is 2.06. The number of hydrogen-bond donors (Lipinski definition) is 1. The Morgan fingerprint density at radius 3 is 2.86 bits per heavy atom. The minimum absolute atomic E-state index is 0.0381. The molecule has 8 heteroatoms. The first-order valence-electron chi connectivity index (χ1n) is 6.94. The molecule has 0 spiro atoms. The highest BCUT2D eigenvalue weighted by Gasteiger charge is 2.65. The lowest BCUT2D eigenvalue weighted by Crippen LogP contribution is -2.37. The molecule has 2 saturated carbocycles. The molecule has 1 aliphatic heterocycles. The number of esters is 1. The van der Waals surface area contributed by atoms with Crippen LogP contribution in [-0.4, -0.2) is 44.3 Å². The fraction of sp³-hybridized carbons (Fsp3) is 0.692. The standard InChI is InChI=1S/C13H17NO6S/c1-2-10(15)14-4-3-11(16)19-12-7-5-8-9(6-7)21(17,18)20-13(8)12/h2,7-9,12-13H,1,3-6H2,(H,14,15). The van der Waals surface area contributed by atoms with Gasteiger partial charge < -0.3 is 10.1 Å². The molecule has 0 radical (unpaired) electrons. The minimum Gasteiger partial charge on any atom is -0.459 e. The number of ether oxygens (including phenoxy) is 1. The van der Waals surface area contributed by atoms with Crippen molar-refractivity contribution in [3.8, 4) is 0 Å². The number of carbonyl (C=O) groups is 2. The summed E-state index contributed by atoms with van der Waals surface area (Å²) >= 11 is 0. The van der Waals surface area contributed by atoms with Crippen LogP contribution in [0.5, 0.6) is 0 Å². The lowest BCUT2D eigenvalue weighted by atomic mass is 9.94. The van der Waals surface area contributed by atoms with Crippen LogP contribution in [0.25, 0.3) is 0 Å². The molecule has 0 aromatic rings. The minimum atomic E-state index is -3.49. The monoisotopic (exact) mass is 315 g/mol. The summed E-state index contributed by atoms with van der Waals surface area (Å²) in [4.78, 5) is 22.7. The molecule has 116 valence electrons. The maximum absolute atomic E-state index is 11.8. The average molecular weight is 315 g/mol. The van der Waals surface area contributed by atoms with Gasteiger partial charge >= 0.3 is 5.97 Å². The Labute approximate surface area is 122 Å². The highest BCUT2D eigenvalue weighted by molar-refractivity contribution is 7.87. The Balaban J connectivity index is 1.54. The summed E-state index contributed by atoms with van der Waals surface area (Å²) in [7, 11) is -3.49. The van der Waals surface area contributed by atoms with E-state index in [1.165, 1.54) is 0 Å². The summed E-state index contributed by atoms with van der Waals surface area (Å²) < 4.78 is 34.0. The van der Waals surface area contributed by atoms with Gasteiger partial charge in [0, 0.05) is 18.4 Å². The molecule has 2 bridgehead atoms. The quantitative estimate of drug-likeness (QED) is 0.426. The molecule has 0 aromatic heterocycles. The largest absolute Gasteiger partial charge is 0.459 e. The van der Waals surface area contributed by atoms with Gasteiger partial charge in [-0.15, -0.1) is 0 Å². The molecule has 2 aliphatic carbocycles. The third-order valence-electron chi connectivity index (χ3n) is 4.50. The van der Waals surface area contributed by atoms with Crippen molar-refractivity contribution in [2.24, 2.45) is 11.8 Å². The van der Waals surface area contributed by atoms with E-state index in [-0.39, 0.29) is 30.7 Å². The molecular formula is C13H17NO6S. The maximum Gasteiger partial charge on any atom is 0.307 e. The Kier molecular flexibility index (Phi) is 3.53. The molecule has 1 saturated heterocycles. The Bertz CT molecular complexity index is 585. The van der Waals surface area contributed by atoms with Gasteiger partial charge in [-0.05, 0) is 18.9 Å². The summed E-state index contributed by atoms with van der Waals surface area (Å²) in [6, 6.07) is 0. The van der Waals surface area contributed by atoms with Crippen molar-refractivity contribution in [1.29, 1.82) is 0 Å². The van der Waals surface area contributed by atoms with Gasteiger partial charge in [0.25, 0.3) is 10.1 Å². The number of fused-ring (bicyclic) bond motifs is 1. The number of carbonyl (C=O) groups excluding carboxylic acids is 2. The molecule has 1 heterocycles. The second-order valence-corrected chi connectivity index (χ2v) is 7.47. The zero-order valence-corrected chi connectivity index (χ0v) is 12.2. The molecule has 3 aliphatic rings. The van der Waals surface area contributed by atoms with E-state index in [9.17, 15) is 18.0 Å². The van der Waals surface area contributed by atoms with E-state index >= 15 is 0 Å². The van der Waals surface area contributed by atoms with E-state index in [1.807, 2.05) is 0 Å². The molecule has 3 rings (SSSR count). The molecule has 5 unspecified atom stereocenters. The van der Waals surface area contributed by atoms with Crippen LogP contribution >= 0.6 is 0 Å². The van der Waals surface area contributed by atoms with Gasteiger partial charge in [0.05, 0.1) is 11.7 Å². The van der Waals surface area contributed by atoms with Crippen molar-refractivity contribution in [1.82, 2.24) is 5.32 Å². The van der Waals surface area contributed by atoms with Crippen LogP contribution in [0.1, 0.15) is 19.3 Å². The van der Waals surface area contributed by atoms with Crippen LogP contribution in [0.4, 0.5) is 0 Å². The Morgan fingerprint density at radius 2 is 2.14 bits per heavy atom. The van der Waals surface area contributed by atoms with Gasteiger partial charge in [0.15, 0.2) is 0 Å². The predicted molar refractivity (Wildman–Crippen MR) is 71.5 cm³/mol. The fourth-order valence-electron chi connectivity index (χ4n) is 3.61. The van der Waals surface area contributed by atoms with E-state index in [1.54, 1.807) is 0 Å². The van der Waals surface area contributed by atoms with Crippen molar-refractivity contribution in [2.75, 3.05) is 6.54 Å². The summed E-state index contributed by atoms with van der Waals surface area (Å²) in [5.41, 5.74) is 0. The summed E-state index contributed by atoms with van der Waals surface area (Å²) in [6.07, 6.45) is 1.40. The van der Waals surface area contributed by atoms with Gasteiger partial charge in [-0.25, -0.2) is 0 Å². The van der Waals surface area contributed by atoms with Gasteiger partial charge in [0.1, 0.15) is 12.2 Å². The summed E-state index contributed by atoms with van der Waals surface area (Å²) in [5.74, 6) is -0.788. The molecule has 1 amide bonds. The lowest BCUT2D eigenvalue weighted by molar-refractivity contribution is -0.155. The zero-order valence-electron chi connectivity index (χ0n) is 11.4. The van der Waals surface area contributed by atoms with Crippen molar-refractivity contribution >= 4 is 22.0 Å². The van der Waals surface area contributed by atoms with Gasteiger partial charge in [-0.2, -0.15) is 8.42 Å². The van der Waals surface area contributed by atoms with E-state index in [0.29, 0.717) is 6.42 Å². The van der Waals surface area contributed by atoms with Crippen LogP contribution in [0, 0.1) is 11.8 Å². The molecule has 1 N–H and O–H groups in total. The van der Waals surface area contributed by atoms with E-state index in [0.717, 1.165) is 12.5 Å². The SMILES string of the molecule is C=CC(=O)NCCC(=O)OC1C2CC3C1OS(=O)(=O)C3C2. The molecule has 3 fully saturated rings. The zero-order chi connectivity index (χ0) is 15.2. The molecule has 5 atom stereocenters. The number of amides is 1. The second-order valence-electron chi connectivity index (χ2n) is 5.69. The Morgan fingerprint density at radius 1 is 1.38 bits per heavy atom. The third kappa shape index (κ3) is 2.46. The average Bonchev–Trinajstić information content (AvgIpc) is 3.02. The van der Waals surface area contributed by atoms with Crippen molar-refractivity contribution in [3.05, 3.63) is 12.7 Å². The van der Waals surface area contributed by atoms with Gasteiger partial charge in [0.2, 0.25) is 5.91 Å². The molecule has 7 nitrogen and oxygen atoms in total. The first kappa shape index (κ1) is 14.5. The molecule has 21 heavy (non-hydrogen) atoms. The van der Waals surface area contributed by atoms with Gasteiger partial charge in [-0.1, -0.05) is 6.58 Å². The normalized spacial score (nSPS) is 38.2. The predicted octanol–water partition coefficient (Wildman–Crippen LogP) is -0.272. The number of rotatable bonds is 5. The first-order chi connectivity index (χ1) is 9.92. The van der Waals surface area contributed by atoms with E-state index in [4.69, 9.17) is 8.92 Å². The highest BCUT2D eigenvalue weighted by atomic mass is 32.2. The van der Waals surface area contributed by atoms with Crippen molar-refractivity contribution in [2.45, 2.75) is 36.7 Å². The number of nitrogens with one attached hydrogen (secondary N) is 1. The molecule has 0 aromatic carbocycles. The van der Waals surface area contributed by atoms with Gasteiger partial charge in [-0.3, -0.25) is 13.8 Å². The van der Waals surface area contributed by atoms with E-state index in [2.05, 4.69) is 11.9 Å². The van der Waals surface area contributed by atoms with Crippen molar-refractivity contribution in [3.63, 3.8) is 0 Å². The summed E-state index contributed by atoms with van der Waals surface area (Å²) in [6.45, 7) is 3.47. The van der Waals surface area contributed by atoms with Crippen LogP contribution in [0.15, 0.2) is 12.7 Å².